The summed E-state index contributed by atoms with van der Waals surface area (Å²) in [6.45, 7) is 6.53. The molecule has 0 spiro atoms. The lowest BCUT2D eigenvalue weighted by molar-refractivity contribution is 0.313. The third-order valence-corrected chi connectivity index (χ3v) is 7.10. The number of hydrogen-bond acceptors (Lipinski definition) is 5. The third-order valence-electron chi connectivity index (χ3n) is 7.10. The molecule has 178 valence electrons. The van der Waals surface area contributed by atoms with Crippen molar-refractivity contribution < 1.29 is 0 Å². The van der Waals surface area contributed by atoms with Crippen LogP contribution in [0.2, 0.25) is 0 Å². The van der Waals surface area contributed by atoms with Crippen molar-refractivity contribution in [2.45, 2.75) is 12.7 Å². The number of para-hydroxylation sites is 1. The van der Waals surface area contributed by atoms with Crippen molar-refractivity contribution in [3.63, 3.8) is 0 Å². The van der Waals surface area contributed by atoms with Crippen LogP contribution in [0.4, 0.5) is 28.4 Å². The van der Waals surface area contributed by atoms with E-state index in [1.165, 1.54) is 16.8 Å². The summed E-state index contributed by atoms with van der Waals surface area (Å²) in [5.74, 6) is -0.429. The summed E-state index contributed by atoms with van der Waals surface area (Å²) in [5, 5.41) is 10.9. The second-order valence-corrected chi connectivity index (χ2v) is 9.72. The molecule has 6 rings (SSSR count). The topological polar surface area (TPSA) is 47.5 Å². The third kappa shape index (κ3) is 4.33. The molecule has 1 fully saturated rings. The molecule has 3 N–H and O–H groups in total. The number of anilines is 5. The van der Waals surface area contributed by atoms with E-state index < -0.39 is 5.79 Å². The van der Waals surface area contributed by atoms with Gasteiger partial charge in [0.1, 0.15) is 0 Å². The number of rotatable bonds is 5. The van der Waals surface area contributed by atoms with Gasteiger partial charge in [0.25, 0.3) is 0 Å². The van der Waals surface area contributed by atoms with Crippen molar-refractivity contribution in [2.24, 2.45) is 0 Å². The first-order valence-corrected chi connectivity index (χ1v) is 12.3. The first-order chi connectivity index (χ1) is 17.1. The molecular weight excluding hydrogens is 432 g/mol. The Morgan fingerprint density at radius 2 is 1.51 bits per heavy atom. The van der Waals surface area contributed by atoms with Crippen LogP contribution in [-0.2, 0) is 5.79 Å². The fourth-order valence-corrected chi connectivity index (χ4v) is 5.00. The monoisotopic (exact) mass is 464 g/mol. The van der Waals surface area contributed by atoms with Crippen LogP contribution in [0, 0.1) is 0 Å². The Labute approximate surface area is 207 Å². The number of aromatic nitrogens is 1. The molecule has 6 nitrogen and oxygen atoms in total. The molecule has 0 amide bonds. The minimum Gasteiger partial charge on any atom is -0.369 e. The van der Waals surface area contributed by atoms with Gasteiger partial charge in [-0.1, -0.05) is 30.3 Å². The van der Waals surface area contributed by atoms with Crippen LogP contribution < -0.4 is 20.9 Å². The van der Waals surface area contributed by atoms with Gasteiger partial charge in [-0.25, -0.2) is 0 Å². The molecule has 35 heavy (non-hydrogen) atoms. The fraction of sp³-hybridized carbons (Fsp3) is 0.241. The number of nitrogens with zero attached hydrogens (tertiary/aromatic N) is 3. The van der Waals surface area contributed by atoms with E-state index in [0.717, 1.165) is 48.9 Å². The van der Waals surface area contributed by atoms with Crippen LogP contribution in [-0.4, -0.2) is 42.7 Å². The molecule has 1 aromatic heterocycles. The van der Waals surface area contributed by atoms with Crippen LogP contribution >= 0.6 is 0 Å². The second kappa shape index (κ2) is 8.71. The number of piperazine rings is 1. The number of benzene rings is 3. The van der Waals surface area contributed by atoms with Crippen LogP contribution in [0.15, 0.2) is 91.3 Å². The molecule has 4 aromatic rings. The number of hydrogen-bond donors (Lipinski definition) is 3. The Morgan fingerprint density at radius 1 is 0.743 bits per heavy atom. The van der Waals surface area contributed by atoms with Gasteiger partial charge in [-0.05, 0) is 73.6 Å². The van der Waals surface area contributed by atoms with E-state index in [2.05, 4.69) is 117 Å². The standard InChI is InChI=1S/C29H32N6/c1-29(31-27-12-11-26(20-28(27)32-29)34-17-15-33(2)16-18-34)35-14-13-23(21-35)22-7-6-10-25(19-22)30-24-8-4-3-5-9-24/h3-14,19-21,30-32H,15-18H2,1-2H3. The molecule has 1 atom stereocenters. The normalized spacial score (nSPS) is 19.7. The van der Waals surface area contributed by atoms with E-state index in [1.54, 1.807) is 0 Å². The first-order valence-electron chi connectivity index (χ1n) is 12.3. The zero-order valence-corrected chi connectivity index (χ0v) is 20.3. The van der Waals surface area contributed by atoms with Gasteiger partial charge in [-0.3, -0.25) is 0 Å². The molecule has 0 bridgehead atoms. The predicted octanol–water partition coefficient (Wildman–Crippen LogP) is 5.82. The van der Waals surface area contributed by atoms with Gasteiger partial charge in [-0.2, -0.15) is 0 Å². The highest BCUT2D eigenvalue weighted by molar-refractivity contribution is 5.79. The lowest BCUT2D eigenvalue weighted by Crippen LogP contribution is -2.44. The average Bonchev–Trinajstić information content (AvgIpc) is 3.50. The van der Waals surface area contributed by atoms with Gasteiger partial charge >= 0.3 is 0 Å². The number of likely N-dealkylation sites (N-methyl/N-ethyl adjacent to an activating group) is 1. The van der Waals surface area contributed by atoms with E-state index in [0.29, 0.717) is 0 Å². The maximum Gasteiger partial charge on any atom is 0.188 e. The van der Waals surface area contributed by atoms with Crippen molar-refractivity contribution in [1.29, 1.82) is 0 Å². The maximum absolute atomic E-state index is 3.73. The van der Waals surface area contributed by atoms with E-state index in [4.69, 9.17) is 0 Å². The second-order valence-electron chi connectivity index (χ2n) is 9.72. The maximum atomic E-state index is 3.73. The summed E-state index contributed by atoms with van der Waals surface area (Å²) in [7, 11) is 2.19. The summed E-state index contributed by atoms with van der Waals surface area (Å²) in [6.07, 6.45) is 4.34. The van der Waals surface area contributed by atoms with Gasteiger partial charge in [-0.15, -0.1) is 0 Å². The first kappa shape index (κ1) is 21.6. The van der Waals surface area contributed by atoms with Crippen molar-refractivity contribution in [3.05, 3.63) is 91.3 Å². The molecule has 3 aromatic carbocycles. The van der Waals surface area contributed by atoms with Gasteiger partial charge in [0.05, 0.1) is 11.4 Å². The van der Waals surface area contributed by atoms with E-state index in [-0.39, 0.29) is 0 Å². The fourth-order valence-electron chi connectivity index (χ4n) is 5.00. The highest BCUT2D eigenvalue weighted by Crippen LogP contribution is 2.39. The Bertz CT molecular complexity index is 1320. The van der Waals surface area contributed by atoms with E-state index in [9.17, 15) is 0 Å². The highest BCUT2D eigenvalue weighted by Gasteiger charge is 2.33. The average molecular weight is 465 g/mol. The molecule has 2 aliphatic rings. The summed E-state index contributed by atoms with van der Waals surface area (Å²) < 4.78 is 2.22. The number of fused-ring (bicyclic) bond motifs is 1. The minimum atomic E-state index is -0.429. The van der Waals surface area contributed by atoms with Crippen LogP contribution in [0.3, 0.4) is 0 Å². The van der Waals surface area contributed by atoms with Gasteiger partial charge in [0, 0.05) is 55.6 Å². The van der Waals surface area contributed by atoms with Gasteiger partial charge in [0.2, 0.25) is 0 Å². The van der Waals surface area contributed by atoms with Gasteiger partial charge in [0.15, 0.2) is 5.79 Å². The van der Waals surface area contributed by atoms with Crippen molar-refractivity contribution in [3.8, 4) is 11.1 Å². The Balaban J connectivity index is 1.20. The molecular formula is C29H32N6. The van der Waals surface area contributed by atoms with Crippen molar-refractivity contribution >= 4 is 28.4 Å². The van der Waals surface area contributed by atoms with E-state index >= 15 is 0 Å². The van der Waals surface area contributed by atoms with Crippen LogP contribution in [0.25, 0.3) is 11.1 Å². The lowest BCUT2D eigenvalue weighted by Gasteiger charge is -2.34. The SMILES string of the molecule is CN1CCN(c2ccc3c(c2)NC(C)(n2ccc(-c4cccc(Nc5ccccc5)c4)c2)N3)CC1. The van der Waals surface area contributed by atoms with Gasteiger partial charge < -0.3 is 30.3 Å². The molecule has 1 unspecified atom stereocenters. The molecule has 2 aliphatic heterocycles. The summed E-state index contributed by atoms with van der Waals surface area (Å²) in [5.41, 5.74) is 8.09. The summed E-state index contributed by atoms with van der Waals surface area (Å²) in [6, 6.07) is 27.7. The van der Waals surface area contributed by atoms with Crippen molar-refractivity contribution in [2.75, 3.05) is 54.1 Å². The highest BCUT2D eigenvalue weighted by atomic mass is 15.4. The zero-order valence-electron chi connectivity index (χ0n) is 20.3. The quantitative estimate of drug-likeness (QED) is 0.348. The van der Waals surface area contributed by atoms with E-state index in [1.807, 2.05) is 18.2 Å². The molecule has 6 heteroatoms. The lowest BCUT2D eigenvalue weighted by atomic mass is 10.1. The summed E-state index contributed by atoms with van der Waals surface area (Å²) in [4.78, 5) is 4.86. The molecule has 0 radical (unpaired) electrons. The Kier molecular flexibility index (Phi) is 5.38. The molecule has 0 aliphatic carbocycles. The Morgan fingerprint density at radius 3 is 2.34 bits per heavy atom. The summed E-state index contributed by atoms with van der Waals surface area (Å²) >= 11 is 0. The van der Waals surface area contributed by atoms with Crippen LogP contribution in [0.1, 0.15) is 6.92 Å². The zero-order chi connectivity index (χ0) is 23.8. The largest absolute Gasteiger partial charge is 0.369 e. The predicted molar refractivity (Wildman–Crippen MR) is 147 cm³/mol. The molecule has 3 heterocycles. The molecule has 1 saturated heterocycles. The minimum absolute atomic E-state index is 0.429. The molecule has 0 saturated carbocycles. The number of nitrogens with one attached hydrogen (secondary N) is 3. The van der Waals surface area contributed by atoms with Crippen LogP contribution in [0.5, 0.6) is 0 Å². The van der Waals surface area contributed by atoms with Crippen molar-refractivity contribution in [1.82, 2.24) is 9.47 Å². The Hall–Kier alpha value is -3.90. The smallest absolute Gasteiger partial charge is 0.188 e.